The van der Waals surface area contributed by atoms with E-state index in [4.69, 9.17) is 0 Å². The first kappa shape index (κ1) is 12.7. The van der Waals surface area contributed by atoms with Crippen LogP contribution in [0, 0.1) is 29.6 Å². The highest BCUT2D eigenvalue weighted by Crippen LogP contribution is 2.70. The predicted molar refractivity (Wildman–Crippen MR) is 89.7 cm³/mol. The van der Waals surface area contributed by atoms with E-state index in [0.717, 1.165) is 29.6 Å². The van der Waals surface area contributed by atoms with Gasteiger partial charge in [0.15, 0.2) is 0 Å². The van der Waals surface area contributed by atoms with E-state index in [1.165, 1.54) is 29.3 Å². The second-order valence-electron chi connectivity index (χ2n) is 7.42. The van der Waals surface area contributed by atoms with Gasteiger partial charge in [0.2, 0.25) is 0 Å². The van der Waals surface area contributed by atoms with Crippen LogP contribution in [0.4, 0.5) is 0 Å². The molecule has 0 amide bonds. The Morgan fingerprint density at radius 3 is 2.71 bits per heavy atom. The standard InChI is InChI=1S/C19H23NS/c1-20-15(19-17-11-6-7-12(8-11)18(17)19)9-13-10-21-16-5-3-2-4-14(13)16/h2-5,10-12,15,17-20H,6-9H2,1H3. The minimum Gasteiger partial charge on any atom is -0.316 e. The van der Waals surface area contributed by atoms with Crippen LogP contribution >= 0.6 is 11.3 Å². The van der Waals surface area contributed by atoms with Gasteiger partial charge in [-0.1, -0.05) is 18.2 Å². The lowest BCUT2D eigenvalue weighted by atomic mass is 9.93. The second kappa shape index (κ2) is 4.57. The van der Waals surface area contributed by atoms with Crippen molar-refractivity contribution in [3.8, 4) is 0 Å². The molecule has 3 saturated carbocycles. The van der Waals surface area contributed by atoms with Gasteiger partial charge in [-0.25, -0.2) is 0 Å². The maximum Gasteiger partial charge on any atom is 0.0345 e. The van der Waals surface area contributed by atoms with Gasteiger partial charge in [-0.05, 0) is 84.7 Å². The molecule has 2 aromatic rings. The van der Waals surface area contributed by atoms with Crippen molar-refractivity contribution in [1.29, 1.82) is 0 Å². The fourth-order valence-electron chi connectivity index (χ4n) is 5.79. The Morgan fingerprint density at radius 2 is 1.95 bits per heavy atom. The molecular formula is C19H23NS. The molecule has 1 nitrogen and oxygen atoms in total. The summed E-state index contributed by atoms with van der Waals surface area (Å²) in [5.74, 6) is 5.29. The van der Waals surface area contributed by atoms with Crippen molar-refractivity contribution < 1.29 is 0 Å². The van der Waals surface area contributed by atoms with E-state index in [1.54, 1.807) is 12.0 Å². The van der Waals surface area contributed by atoms with E-state index in [-0.39, 0.29) is 0 Å². The molecule has 3 fully saturated rings. The maximum atomic E-state index is 3.67. The molecule has 5 rings (SSSR count). The molecule has 5 unspecified atom stereocenters. The third kappa shape index (κ3) is 1.78. The average Bonchev–Trinajstić information content (AvgIpc) is 2.88. The second-order valence-corrected chi connectivity index (χ2v) is 8.33. The maximum absolute atomic E-state index is 3.67. The summed E-state index contributed by atoms with van der Waals surface area (Å²) in [6.45, 7) is 0. The Balaban J connectivity index is 1.40. The van der Waals surface area contributed by atoms with E-state index in [9.17, 15) is 0 Å². The van der Waals surface area contributed by atoms with Gasteiger partial charge in [0.25, 0.3) is 0 Å². The van der Waals surface area contributed by atoms with Crippen LogP contribution in [0.1, 0.15) is 24.8 Å². The Labute approximate surface area is 130 Å². The van der Waals surface area contributed by atoms with Gasteiger partial charge in [0.1, 0.15) is 0 Å². The normalized spacial score (nSPS) is 37.9. The fourth-order valence-corrected chi connectivity index (χ4v) is 6.76. The summed E-state index contributed by atoms with van der Waals surface area (Å²) in [5, 5.41) is 7.54. The van der Waals surface area contributed by atoms with Crippen molar-refractivity contribution in [2.45, 2.75) is 31.7 Å². The molecule has 3 aliphatic rings. The molecule has 1 aromatic carbocycles. The van der Waals surface area contributed by atoms with Gasteiger partial charge in [0.05, 0.1) is 0 Å². The van der Waals surface area contributed by atoms with Crippen LogP contribution in [0.15, 0.2) is 29.6 Å². The summed E-state index contributed by atoms with van der Waals surface area (Å²) in [6.07, 6.45) is 5.83. The third-order valence-corrected chi connectivity index (χ3v) is 7.64. The average molecular weight is 297 g/mol. The number of fused-ring (bicyclic) bond motifs is 6. The van der Waals surface area contributed by atoms with Crippen molar-refractivity contribution in [1.82, 2.24) is 5.32 Å². The Hall–Kier alpha value is -0.860. The highest BCUT2D eigenvalue weighted by atomic mass is 32.1. The van der Waals surface area contributed by atoms with Crippen LogP contribution < -0.4 is 5.32 Å². The number of hydrogen-bond donors (Lipinski definition) is 1. The molecule has 21 heavy (non-hydrogen) atoms. The minimum atomic E-state index is 0.696. The Kier molecular flexibility index (Phi) is 2.75. The fraction of sp³-hybridized carbons (Fsp3) is 0.579. The molecule has 2 bridgehead atoms. The molecule has 2 heteroatoms. The minimum absolute atomic E-state index is 0.696. The lowest BCUT2D eigenvalue weighted by molar-refractivity contribution is 0.377. The lowest BCUT2D eigenvalue weighted by Gasteiger charge is -2.20. The SMILES string of the molecule is CNC(Cc1csc2ccccc12)C1C2C3CCC(C3)C21. The third-order valence-electron chi connectivity index (χ3n) is 6.63. The summed E-state index contributed by atoms with van der Waals surface area (Å²) >= 11 is 1.91. The monoisotopic (exact) mass is 297 g/mol. The topological polar surface area (TPSA) is 12.0 Å². The number of rotatable bonds is 4. The first-order chi connectivity index (χ1) is 10.4. The van der Waals surface area contributed by atoms with Crippen molar-refractivity contribution in [2.75, 3.05) is 7.05 Å². The number of thiophene rings is 1. The van der Waals surface area contributed by atoms with E-state index >= 15 is 0 Å². The highest BCUT2D eigenvalue weighted by molar-refractivity contribution is 7.17. The van der Waals surface area contributed by atoms with Gasteiger partial charge in [0, 0.05) is 10.7 Å². The number of nitrogens with one attached hydrogen (secondary N) is 1. The molecule has 110 valence electrons. The highest BCUT2D eigenvalue weighted by Gasteiger charge is 2.66. The molecule has 5 atom stereocenters. The van der Waals surface area contributed by atoms with Crippen LogP contribution in [-0.2, 0) is 6.42 Å². The quantitative estimate of drug-likeness (QED) is 0.886. The molecule has 3 aliphatic carbocycles. The lowest BCUT2D eigenvalue weighted by Crippen LogP contribution is -2.32. The van der Waals surface area contributed by atoms with E-state index in [0.29, 0.717) is 6.04 Å². The van der Waals surface area contributed by atoms with Crippen LogP contribution in [0.2, 0.25) is 0 Å². The Bertz CT molecular complexity index is 659. The van der Waals surface area contributed by atoms with Crippen molar-refractivity contribution in [3.05, 3.63) is 35.2 Å². The smallest absolute Gasteiger partial charge is 0.0345 e. The number of likely N-dealkylation sites (N-methyl/N-ethyl adjacent to an activating group) is 1. The van der Waals surface area contributed by atoms with Gasteiger partial charge in [-0.15, -0.1) is 11.3 Å². The largest absolute Gasteiger partial charge is 0.316 e. The molecule has 1 heterocycles. The Morgan fingerprint density at radius 1 is 1.19 bits per heavy atom. The molecule has 0 radical (unpaired) electrons. The van der Waals surface area contributed by atoms with Gasteiger partial charge in [-0.3, -0.25) is 0 Å². The summed E-state index contributed by atoms with van der Waals surface area (Å²) in [6, 6.07) is 9.58. The first-order valence-electron chi connectivity index (χ1n) is 8.49. The molecule has 0 aliphatic heterocycles. The van der Waals surface area contributed by atoms with Crippen LogP contribution in [0.5, 0.6) is 0 Å². The molecule has 0 saturated heterocycles. The van der Waals surface area contributed by atoms with Crippen molar-refractivity contribution >= 4 is 21.4 Å². The first-order valence-corrected chi connectivity index (χ1v) is 9.37. The van der Waals surface area contributed by atoms with E-state index < -0.39 is 0 Å². The van der Waals surface area contributed by atoms with Crippen LogP contribution in [-0.4, -0.2) is 13.1 Å². The van der Waals surface area contributed by atoms with Gasteiger partial charge >= 0.3 is 0 Å². The summed E-state index contributed by atoms with van der Waals surface area (Å²) in [4.78, 5) is 0. The summed E-state index contributed by atoms with van der Waals surface area (Å²) in [7, 11) is 2.18. The zero-order valence-corrected chi connectivity index (χ0v) is 13.4. The van der Waals surface area contributed by atoms with E-state index in [1.807, 2.05) is 11.3 Å². The number of benzene rings is 1. The zero-order chi connectivity index (χ0) is 14.0. The van der Waals surface area contributed by atoms with Crippen molar-refractivity contribution in [2.24, 2.45) is 29.6 Å². The summed E-state index contributed by atoms with van der Waals surface area (Å²) in [5.41, 5.74) is 1.56. The molecule has 1 N–H and O–H groups in total. The number of hydrogen-bond acceptors (Lipinski definition) is 2. The van der Waals surface area contributed by atoms with E-state index in [2.05, 4.69) is 42.0 Å². The molecular weight excluding hydrogens is 274 g/mol. The van der Waals surface area contributed by atoms with Crippen LogP contribution in [0.25, 0.3) is 10.1 Å². The van der Waals surface area contributed by atoms with Crippen molar-refractivity contribution in [3.63, 3.8) is 0 Å². The predicted octanol–water partition coefficient (Wildman–Crippen LogP) is 4.32. The molecule has 1 aromatic heterocycles. The zero-order valence-electron chi connectivity index (χ0n) is 12.6. The van der Waals surface area contributed by atoms with Gasteiger partial charge in [-0.2, -0.15) is 0 Å². The summed E-state index contributed by atoms with van der Waals surface area (Å²) < 4.78 is 1.44. The van der Waals surface area contributed by atoms with Gasteiger partial charge < -0.3 is 5.32 Å². The molecule has 0 spiro atoms. The van der Waals surface area contributed by atoms with Crippen LogP contribution in [0.3, 0.4) is 0 Å².